The predicted octanol–water partition coefficient (Wildman–Crippen LogP) is 5.71. The lowest BCUT2D eigenvalue weighted by molar-refractivity contribution is 0.221. The Bertz CT molecular complexity index is 949. The Morgan fingerprint density at radius 1 is 1.20 bits per heavy atom. The van der Waals surface area contributed by atoms with Gasteiger partial charge >= 0.3 is 6.03 Å². The second-order valence-corrected chi connectivity index (χ2v) is 9.40. The highest BCUT2D eigenvalue weighted by molar-refractivity contribution is 9.10. The number of hydrogen-bond donors (Lipinski definition) is 0. The van der Waals surface area contributed by atoms with Gasteiger partial charge < -0.3 is 0 Å². The first-order chi connectivity index (χ1) is 14.4. The fourth-order valence-electron chi connectivity index (χ4n) is 4.26. The quantitative estimate of drug-likeness (QED) is 0.498. The summed E-state index contributed by atoms with van der Waals surface area (Å²) in [5.74, 6) is 0.421. The Morgan fingerprint density at radius 3 is 2.70 bits per heavy atom. The Labute approximate surface area is 187 Å². The van der Waals surface area contributed by atoms with Gasteiger partial charge in [-0.2, -0.15) is 15.2 Å². The average Bonchev–Trinajstić information content (AvgIpc) is 3.07. The van der Waals surface area contributed by atoms with Gasteiger partial charge in [-0.25, -0.2) is 4.79 Å². The van der Waals surface area contributed by atoms with Gasteiger partial charge in [0.05, 0.1) is 23.6 Å². The lowest BCUT2D eigenvalue weighted by Crippen LogP contribution is -2.47. The number of hydrogen-bond acceptors (Lipinski definition) is 4. The standard InChI is InChI=1S/C23H30BrN5O/c1-5-6-7-11-27-14-18-10-12-28-22(18)21(16(4)25-27)26-29(23(28)30)20-9-8-17(15(2)3)13-19(20)24/h8-9,13,15H,5-7,10-12,14H2,1-4H3. The SMILES string of the molecule is CCCCCN1CC2=C3C(=NN(c4ccc(C(C)C)cc4Br)C(=O)N3CC2)C(C)=N1. The summed E-state index contributed by atoms with van der Waals surface area (Å²) in [5, 5.41) is 13.4. The maximum atomic E-state index is 13.4. The molecule has 0 spiro atoms. The molecule has 1 aromatic carbocycles. The van der Waals surface area contributed by atoms with Crippen LogP contribution in [0.3, 0.4) is 0 Å². The van der Waals surface area contributed by atoms with Crippen molar-refractivity contribution >= 4 is 39.1 Å². The number of carbonyl (C=O) groups is 1. The summed E-state index contributed by atoms with van der Waals surface area (Å²) in [7, 11) is 0. The molecule has 160 valence electrons. The van der Waals surface area contributed by atoms with Gasteiger partial charge in [0.1, 0.15) is 5.71 Å². The number of nitrogens with zero attached hydrogens (tertiary/aromatic N) is 5. The van der Waals surface area contributed by atoms with E-state index < -0.39 is 0 Å². The zero-order valence-electron chi connectivity index (χ0n) is 18.3. The minimum absolute atomic E-state index is 0.0889. The van der Waals surface area contributed by atoms with Gasteiger partial charge in [0.15, 0.2) is 0 Å². The molecule has 30 heavy (non-hydrogen) atoms. The molecule has 0 aliphatic carbocycles. The molecule has 0 radical (unpaired) electrons. The molecule has 0 N–H and O–H groups in total. The van der Waals surface area contributed by atoms with Gasteiger partial charge in [-0.15, -0.1) is 0 Å². The van der Waals surface area contributed by atoms with Crippen LogP contribution in [0.4, 0.5) is 10.5 Å². The Balaban J connectivity index is 1.72. The number of carbonyl (C=O) groups excluding carboxylic acids is 1. The molecule has 3 aliphatic rings. The highest BCUT2D eigenvalue weighted by Gasteiger charge is 2.41. The van der Waals surface area contributed by atoms with E-state index in [9.17, 15) is 4.79 Å². The summed E-state index contributed by atoms with van der Waals surface area (Å²) < 4.78 is 0.877. The van der Waals surface area contributed by atoms with E-state index in [0.29, 0.717) is 12.5 Å². The van der Waals surface area contributed by atoms with Crippen LogP contribution in [-0.4, -0.2) is 47.0 Å². The number of benzene rings is 1. The van der Waals surface area contributed by atoms with E-state index in [2.05, 4.69) is 53.8 Å². The van der Waals surface area contributed by atoms with Crippen LogP contribution in [0.1, 0.15) is 64.9 Å². The first kappa shape index (κ1) is 21.1. The zero-order chi connectivity index (χ0) is 21.4. The third-order valence-corrected chi connectivity index (χ3v) is 6.61. The zero-order valence-corrected chi connectivity index (χ0v) is 19.9. The smallest absolute Gasteiger partial charge is 0.293 e. The third kappa shape index (κ3) is 3.80. The molecular formula is C23H30BrN5O. The minimum atomic E-state index is -0.0889. The van der Waals surface area contributed by atoms with E-state index >= 15 is 0 Å². The van der Waals surface area contributed by atoms with Crippen molar-refractivity contribution in [1.29, 1.82) is 0 Å². The molecule has 6 nitrogen and oxygen atoms in total. The number of allylic oxidation sites excluding steroid dienone is 1. The monoisotopic (exact) mass is 471 g/mol. The lowest BCUT2D eigenvalue weighted by Gasteiger charge is -2.32. The van der Waals surface area contributed by atoms with Crippen molar-refractivity contribution in [2.75, 3.05) is 24.6 Å². The molecule has 0 aromatic heterocycles. The number of halogens is 1. The summed E-state index contributed by atoms with van der Waals surface area (Å²) in [6.07, 6.45) is 4.41. The van der Waals surface area contributed by atoms with Gasteiger partial charge in [-0.3, -0.25) is 9.91 Å². The number of hydrazone groups is 2. The Kier molecular flexibility index (Phi) is 6.00. The van der Waals surface area contributed by atoms with Crippen LogP contribution in [0.2, 0.25) is 0 Å². The van der Waals surface area contributed by atoms with E-state index in [1.165, 1.54) is 29.0 Å². The van der Waals surface area contributed by atoms with Gasteiger partial charge in [0.2, 0.25) is 0 Å². The number of urea groups is 1. The number of unbranched alkanes of at least 4 members (excludes halogenated alkanes) is 2. The number of anilines is 1. The molecule has 0 saturated carbocycles. The molecule has 0 unspecified atom stereocenters. The van der Waals surface area contributed by atoms with Crippen molar-refractivity contribution < 1.29 is 4.79 Å². The largest absolute Gasteiger partial charge is 0.349 e. The van der Waals surface area contributed by atoms with Gasteiger partial charge in [0, 0.05) is 17.6 Å². The molecule has 0 atom stereocenters. The maximum Gasteiger partial charge on any atom is 0.349 e. The van der Waals surface area contributed by atoms with Crippen LogP contribution in [0.25, 0.3) is 0 Å². The summed E-state index contributed by atoms with van der Waals surface area (Å²) in [6, 6.07) is 6.04. The Hall–Kier alpha value is -2.15. The topological polar surface area (TPSA) is 51.5 Å². The Morgan fingerprint density at radius 2 is 2.00 bits per heavy atom. The van der Waals surface area contributed by atoms with Crippen molar-refractivity contribution in [3.05, 3.63) is 39.5 Å². The van der Waals surface area contributed by atoms with Crippen molar-refractivity contribution in [2.24, 2.45) is 10.2 Å². The second-order valence-electron chi connectivity index (χ2n) is 8.54. The van der Waals surface area contributed by atoms with E-state index in [1.807, 2.05) is 17.9 Å². The maximum absolute atomic E-state index is 13.4. The van der Waals surface area contributed by atoms with E-state index in [4.69, 9.17) is 10.2 Å². The predicted molar refractivity (Wildman–Crippen MR) is 126 cm³/mol. The van der Waals surface area contributed by atoms with Crippen molar-refractivity contribution in [3.63, 3.8) is 0 Å². The molecule has 1 aromatic rings. The van der Waals surface area contributed by atoms with Gasteiger partial charge in [0.25, 0.3) is 0 Å². The molecule has 7 heteroatoms. The van der Waals surface area contributed by atoms with Crippen molar-refractivity contribution in [1.82, 2.24) is 9.91 Å². The molecule has 3 heterocycles. The van der Waals surface area contributed by atoms with Crippen LogP contribution in [0.5, 0.6) is 0 Å². The molecule has 4 rings (SSSR count). The van der Waals surface area contributed by atoms with Crippen LogP contribution >= 0.6 is 15.9 Å². The first-order valence-corrected chi connectivity index (χ1v) is 11.7. The molecule has 3 aliphatic heterocycles. The average molecular weight is 472 g/mol. The fraction of sp³-hybridized carbons (Fsp3) is 0.522. The van der Waals surface area contributed by atoms with Crippen LogP contribution in [0.15, 0.2) is 44.1 Å². The molecule has 0 fully saturated rings. The lowest BCUT2D eigenvalue weighted by atomic mass is 10.0. The fourth-order valence-corrected chi connectivity index (χ4v) is 4.82. The molecule has 0 bridgehead atoms. The normalized spacial score (nSPS) is 18.7. The van der Waals surface area contributed by atoms with Crippen LogP contribution < -0.4 is 5.01 Å². The highest BCUT2D eigenvalue weighted by Crippen LogP contribution is 2.37. The van der Waals surface area contributed by atoms with Gasteiger partial charge in [-0.1, -0.05) is 39.7 Å². The van der Waals surface area contributed by atoms with Crippen molar-refractivity contribution in [2.45, 2.75) is 59.3 Å². The molecule has 2 amide bonds. The first-order valence-electron chi connectivity index (χ1n) is 10.9. The summed E-state index contributed by atoms with van der Waals surface area (Å²) in [6.45, 7) is 11.0. The minimum Gasteiger partial charge on any atom is -0.293 e. The highest BCUT2D eigenvalue weighted by atomic mass is 79.9. The summed E-state index contributed by atoms with van der Waals surface area (Å²) in [4.78, 5) is 15.2. The van der Waals surface area contributed by atoms with Crippen LogP contribution in [-0.2, 0) is 0 Å². The van der Waals surface area contributed by atoms with Crippen molar-refractivity contribution in [3.8, 4) is 0 Å². The van der Waals surface area contributed by atoms with E-state index in [0.717, 1.165) is 53.2 Å². The van der Waals surface area contributed by atoms with E-state index in [-0.39, 0.29) is 6.03 Å². The molecular weight excluding hydrogens is 442 g/mol. The molecule has 0 saturated heterocycles. The van der Waals surface area contributed by atoms with Gasteiger partial charge in [-0.05, 0) is 64.9 Å². The van der Waals surface area contributed by atoms with Crippen LogP contribution in [0, 0.1) is 0 Å². The van der Waals surface area contributed by atoms with E-state index in [1.54, 1.807) is 0 Å². The number of amides is 2. The third-order valence-electron chi connectivity index (χ3n) is 5.97. The number of rotatable bonds is 6. The second kappa shape index (κ2) is 8.53. The summed E-state index contributed by atoms with van der Waals surface area (Å²) >= 11 is 3.66. The summed E-state index contributed by atoms with van der Waals surface area (Å²) in [5.41, 5.74) is 5.93.